The molecule has 5 nitrogen and oxygen atoms in total. The van der Waals surface area contributed by atoms with E-state index in [4.69, 9.17) is 8.83 Å². The predicted molar refractivity (Wildman–Crippen MR) is 64.5 cm³/mol. The summed E-state index contributed by atoms with van der Waals surface area (Å²) in [6.07, 6.45) is -4.26. The van der Waals surface area contributed by atoms with Gasteiger partial charge in [0.15, 0.2) is 11.5 Å². The number of oxazole rings is 1. The first-order valence-corrected chi connectivity index (χ1v) is 6.21. The van der Waals surface area contributed by atoms with Crippen LogP contribution in [-0.4, -0.2) is 17.6 Å². The van der Waals surface area contributed by atoms with E-state index in [2.05, 4.69) is 9.72 Å². The maximum absolute atomic E-state index is 12.9. The summed E-state index contributed by atoms with van der Waals surface area (Å²) >= 11 is 0. The molecule has 0 aliphatic carbocycles. The molecule has 2 heterocycles. The molecular formula is C13H12F3NO4. The molecule has 0 bridgehead atoms. The lowest BCUT2D eigenvalue weighted by Gasteiger charge is -2.03. The summed E-state index contributed by atoms with van der Waals surface area (Å²) in [5, 5.41) is 0. The third-order valence-corrected chi connectivity index (χ3v) is 2.58. The van der Waals surface area contributed by atoms with Crippen LogP contribution in [0, 0.1) is 0 Å². The highest BCUT2D eigenvalue weighted by Gasteiger charge is 2.42. The van der Waals surface area contributed by atoms with E-state index in [0.717, 1.165) is 0 Å². The highest BCUT2D eigenvalue weighted by molar-refractivity contribution is 5.88. The van der Waals surface area contributed by atoms with Gasteiger partial charge in [0.25, 0.3) is 5.89 Å². The summed E-state index contributed by atoms with van der Waals surface area (Å²) in [4.78, 5) is 14.8. The summed E-state index contributed by atoms with van der Waals surface area (Å²) in [6, 6.07) is 3.02. The summed E-state index contributed by atoms with van der Waals surface area (Å²) in [5.41, 5.74) is -1.43. The van der Waals surface area contributed by atoms with Crippen LogP contribution >= 0.6 is 0 Å². The van der Waals surface area contributed by atoms with Gasteiger partial charge in [-0.1, -0.05) is 6.92 Å². The van der Waals surface area contributed by atoms with E-state index >= 15 is 0 Å². The molecule has 0 unspecified atom stereocenters. The van der Waals surface area contributed by atoms with Gasteiger partial charge < -0.3 is 13.6 Å². The van der Waals surface area contributed by atoms with E-state index in [9.17, 15) is 18.0 Å². The topological polar surface area (TPSA) is 65.5 Å². The van der Waals surface area contributed by atoms with Crippen molar-refractivity contribution in [1.82, 2.24) is 4.98 Å². The molecule has 0 saturated heterocycles. The molecule has 114 valence electrons. The second kappa shape index (κ2) is 5.63. The van der Waals surface area contributed by atoms with Crippen molar-refractivity contribution >= 4 is 5.97 Å². The fraction of sp³-hybridized carbons (Fsp3) is 0.385. The Morgan fingerprint density at radius 3 is 2.52 bits per heavy atom. The second-order valence-corrected chi connectivity index (χ2v) is 4.03. The van der Waals surface area contributed by atoms with Crippen LogP contribution in [0.2, 0.25) is 0 Å². The van der Waals surface area contributed by atoms with Gasteiger partial charge in [0.2, 0.25) is 5.76 Å². The number of hydrogen-bond acceptors (Lipinski definition) is 5. The number of ether oxygens (including phenoxy) is 1. The number of hydrogen-bond donors (Lipinski definition) is 0. The molecule has 2 aromatic rings. The lowest BCUT2D eigenvalue weighted by molar-refractivity contribution is -0.141. The molecule has 0 aliphatic rings. The largest absolute Gasteiger partial charge is 0.460 e. The van der Waals surface area contributed by atoms with Crippen molar-refractivity contribution in [3.63, 3.8) is 0 Å². The quantitative estimate of drug-likeness (QED) is 0.806. The molecule has 0 N–H and O–H groups in total. The summed E-state index contributed by atoms with van der Waals surface area (Å²) in [5.74, 6) is -2.02. The van der Waals surface area contributed by atoms with Gasteiger partial charge in [-0.3, -0.25) is 0 Å². The Labute approximate surface area is 117 Å². The molecule has 8 heteroatoms. The molecule has 0 aliphatic heterocycles. The van der Waals surface area contributed by atoms with Crippen molar-refractivity contribution in [2.24, 2.45) is 0 Å². The number of esters is 1. The van der Waals surface area contributed by atoms with Gasteiger partial charge in [0.1, 0.15) is 5.76 Å². The average Bonchev–Trinajstić information content (AvgIpc) is 3.04. The molecule has 2 rings (SSSR count). The standard InChI is InChI=1S/C13H12F3NO4/c1-3-7-5-6-8(20-7)11-17-10(13(14,15)16)9(21-11)12(18)19-4-2/h5-6H,3-4H2,1-2H3. The Kier molecular flexibility index (Phi) is 4.06. The van der Waals surface area contributed by atoms with E-state index in [0.29, 0.717) is 12.2 Å². The maximum atomic E-state index is 12.9. The highest BCUT2D eigenvalue weighted by Crippen LogP contribution is 2.35. The lowest BCUT2D eigenvalue weighted by atomic mass is 10.3. The normalized spacial score (nSPS) is 11.7. The van der Waals surface area contributed by atoms with Crippen molar-refractivity contribution < 1.29 is 31.5 Å². The third kappa shape index (κ3) is 3.09. The molecule has 2 aromatic heterocycles. The fourth-order valence-electron chi connectivity index (χ4n) is 1.64. The number of aryl methyl sites for hydroxylation is 1. The fourth-order valence-corrected chi connectivity index (χ4v) is 1.64. The Balaban J connectivity index is 2.47. The van der Waals surface area contributed by atoms with E-state index in [-0.39, 0.29) is 12.4 Å². The lowest BCUT2D eigenvalue weighted by Crippen LogP contribution is -2.14. The first kappa shape index (κ1) is 15.1. The van der Waals surface area contributed by atoms with Gasteiger partial charge in [-0.15, -0.1) is 0 Å². The number of rotatable bonds is 4. The maximum Gasteiger partial charge on any atom is 0.437 e. The van der Waals surface area contributed by atoms with Gasteiger partial charge in [0, 0.05) is 6.42 Å². The van der Waals surface area contributed by atoms with Gasteiger partial charge in [-0.2, -0.15) is 13.2 Å². The minimum atomic E-state index is -4.83. The highest BCUT2D eigenvalue weighted by atomic mass is 19.4. The Morgan fingerprint density at radius 2 is 2.00 bits per heavy atom. The van der Waals surface area contributed by atoms with Crippen LogP contribution in [0.4, 0.5) is 13.2 Å². The van der Waals surface area contributed by atoms with Crippen molar-refractivity contribution in [2.45, 2.75) is 26.4 Å². The zero-order valence-electron chi connectivity index (χ0n) is 11.3. The number of carbonyl (C=O) groups is 1. The van der Waals surface area contributed by atoms with E-state index in [1.807, 2.05) is 6.92 Å². The molecule has 0 atom stereocenters. The Hall–Kier alpha value is -2.25. The zero-order valence-corrected chi connectivity index (χ0v) is 11.3. The van der Waals surface area contributed by atoms with E-state index < -0.39 is 29.5 Å². The van der Waals surface area contributed by atoms with Crippen molar-refractivity contribution in [2.75, 3.05) is 6.61 Å². The molecule has 21 heavy (non-hydrogen) atoms. The van der Waals surface area contributed by atoms with Gasteiger partial charge in [-0.25, -0.2) is 9.78 Å². The summed E-state index contributed by atoms with van der Waals surface area (Å²) in [7, 11) is 0. The first-order chi connectivity index (χ1) is 9.86. The minimum absolute atomic E-state index is 0.0212. The van der Waals surface area contributed by atoms with Crippen LogP contribution in [0.3, 0.4) is 0 Å². The first-order valence-electron chi connectivity index (χ1n) is 6.21. The smallest absolute Gasteiger partial charge is 0.437 e. The molecule has 0 spiro atoms. The average molecular weight is 303 g/mol. The summed E-state index contributed by atoms with van der Waals surface area (Å²) < 4.78 is 53.4. The number of alkyl halides is 3. The monoisotopic (exact) mass is 303 g/mol. The number of furan rings is 1. The van der Waals surface area contributed by atoms with Crippen molar-refractivity contribution in [3.8, 4) is 11.7 Å². The number of aromatic nitrogens is 1. The van der Waals surface area contributed by atoms with Crippen molar-refractivity contribution in [1.29, 1.82) is 0 Å². The number of carbonyl (C=O) groups excluding carboxylic acids is 1. The molecule has 0 amide bonds. The summed E-state index contributed by atoms with van der Waals surface area (Å²) in [6.45, 7) is 3.22. The molecule has 0 aromatic carbocycles. The van der Waals surface area contributed by atoms with E-state index in [1.54, 1.807) is 6.07 Å². The zero-order chi connectivity index (χ0) is 15.6. The van der Waals surface area contributed by atoms with Crippen LogP contribution in [0.25, 0.3) is 11.7 Å². The van der Waals surface area contributed by atoms with Gasteiger partial charge in [-0.05, 0) is 19.1 Å². The minimum Gasteiger partial charge on any atom is -0.460 e. The van der Waals surface area contributed by atoms with Crippen LogP contribution in [0.1, 0.15) is 35.9 Å². The number of halogens is 3. The Morgan fingerprint density at radius 1 is 1.29 bits per heavy atom. The van der Waals surface area contributed by atoms with Gasteiger partial charge >= 0.3 is 12.1 Å². The van der Waals surface area contributed by atoms with Crippen LogP contribution < -0.4 is 0 Å². The van der Waals surface area contributed by atoms with E-state index in [1.165, 1.54) is 13.0 Å². The SMILES string of the molecule is CCOC(=O)c1oc(-c2ccc(CC)o2)nc1C(F)(F)F. The predicted octanol–water partition coefficient (Wildman–Crippen LogP) is 3.69. The van der Waals surface area contributed by atoms with Crippen LogP contribution in [0.15, 0.2) is 21.0 Å². The molecule has 0 saturated carbocycles. The van der Waals surface area contributed by atoms with Crippen LogP contribution in [0.5, 0.6) is 0 Å². The molecular weight excluding hydrogens is 291 g/mol. The third-order valence-electron chi connectivity index (χ3n) is 2.58. The molecule has 0 fully saturated rings. The van der Waals surface area contributed by atoms with Crippen LogP contribution in [-0.2, 0) is 17.3 Å². The Bertz CT molecular complexity index is 642. The molecule has 0 radical (unpaired) electrons. The van der Waals surface area contributed by atoms with Crippen molar-refractivity contribution in [3.05, 3.63) is 29.3 Å². The number of nitrogens with zero attached hydrogens (tertiary/aromatic N) is 1. The van der Waals surface area contributed by atoms with Gasteiger partial charge in [0.05, 0.1) is 6.61 Å². The second-order valence-electron chi connectivity index (χ2n) is 4.03.